The molecule has 4 rings (SSSR count). The van der Waals surface area contributed by atoms with Crippen molar-refractivity contribution in [3.63, 3.8) is 0 Å². The summed E-state index contributed by atoms with van der Waals surface area (Å²) in [5, 5.41) is 1.11. The van der Waals surface area contributed by atoms with Gasteiger partial charge in [-0.05, 0) is 35.4 Å². The summed E-state index contributed by atoms with van der Waals surface area (Å²) in [6, 6.07) is 14.5. The molecule has 1 aromatic carbocycles. The highest BCUT2D eigenvalue weighted by molar-refractivity contribution is 5.94. The number of fused-ring (bicyclic) bond motifs is 1. The van der Waals surface area contributed by atoms with Crippen molar-refractivity contribution in [1.82, 2.24) is 19.9 Å². The van der Waals surface area contributed by atoms with Crippen molar-refractivity contribution in [2.45, 2.75) is 0 Å². The minimum Gasteiger partial charge on any atom is -0.467 e. The molecular formula is C19H14N4O. The van der Waals surface area contributed by atoms with E-state index >= 15 is 0 Å². The van der Waals surface area contributed by atoms with Crippen LogP contribution in [0, 0.1) is 0 Å². The monoisotopic (exact) mass is 314 g/mol. The van der Waals surface area contributed by atoms with Crippen molar-refractivity contribution in [3.05, 3.63) is 67.3 Å². The molecule has 0 spiro atoms. The largest absolute Gasteiger partial charge is 0.467 e. The maximum atomic E-state index is 5.00. The van der Waals surface area contributed by atoms with Crippen molar-refractivity contribution in [1.29, 1.82) is 0 Å². The fraction of sp³-hybridized carbons (Fsp3) is 0.0526. The van der Waals surface area contributed by atoms with Crippen molar-refractivity contribution in [3.8, 4) is 28.4 Å². The van der Waals surface area contributed by atoms with Gasteiger partial charge in [0.2, 0.25) is 0 Å². The summed E-state index contributed by atoms with van der Waals surface area (Å²) in [6.07, 6.45) is 7.05. The molecule has 0 saturated carbocycles. The van der Waals surface area contributed by atoms with Crippen LogP contribution in [-0.4, -0.2) is 27.0 Å². The van der Waals surface area contributed by atoms with E-state index < -0.39 is 0 Å². The first-order valence-electron chi connectivity index (χ1n) is 7.52. The molecule has 0 N–H and O–H groups in total. The summed E-state index contributed by atoms with van der Waals surface area (Å²) in [7, 11) is 1.54. The van der Waals surface area contributed by atoms with Gasteiger partial charge in [0.25, 0.3) is 0 Å². The summed E-state index contributed by atoms with van der Waals surface area (Å²) in [6.45, 7) is 0. The Morgan fingerprint density at radius 3 is 2.42 bits per heavy atom. The highest BCUT2D eigenvalue weighted by atomic mass is 16.5. The molecule has 3 aromatic heterocycles. The molecule has 0 aliphatic carbocycles. The second-order valence-corrected chi connectivity index (χ2v) is 5.26. The molecule has 5 heteroatoms. The third-order valence-electron chi connectivity index (χ3n) is 3.83. The number of para-hydroxylation sites is 1. The number of rotatable bonds is 3. The van der Waals surface area contributed by atoms with Crippen LogP contribution in [0.25, 0.3) is 33.3 Å². The van der Waals surface area contributed by atoms with Crippen LogP contribution in [0.2, 0.25) is 0 Å². The second-order valence-electron chi connectivity index (χ2n) is 5.26. The van der Waals surface area contributed by atoms with Crippen LogP contribution in [0.5, 0.6) is 6.01 Å². The lowest BCUT2D eigenvalue weighted by molar-refractivity contribution is 0.380. The highest BCUT2D eigenvalue weighted by Crippen LogP contribution is 2.29. The molecular weight excluding hydrogens is 300 g/mol. The summed E-state index contributed by atoms with van der Waals surface area (Å²) < 4.78 is 5.00. The van der Waals surface area contributed by atoms with E-state index in [1.54, 1.807) is 25.7 Å². The first-order chi connectivity index (χ1) is 11.8. The Morgan fingerprint density at radius 1 is 0.792 bits per heavy atom. The van der Waals surface area contributed by atoms with Gasteiger partial charge in [-0.1, -0.05) is 18.2 Å². The maximum absolute atomic E-state index is 5.00. The van der Waals surface area contributed by atoms with Gasteiger partial charge in [-0.2, -0.15) is 0 Å². The third-order valence-corrected chi connectivity index (χ3v) is 3.83. The quantitative estimate of drug-likeness (QED) is 0.576. The Bertz CT molecular complexity index is 994. The van der Waals surface area contributed by atoms with E-state index in [2.05, 4.69) is 26.0 Å². The minimum absolute atomic E-state index is 0.343. The lowest BCUT2D eigenvalue weighted by Gasteiger charge is -2.08. The zero-order valence-corrected chi connectivity index (χ0v) is 13.0. The number of hydrogen-bond acceptors (Lipinski definition) is 5. The highest BCUT2D eigenvalue weighted by Gasteiger charge is 2.07. The maximum Gasteiger partial charge on any atom is 0.316 e. The van der Waals surface area contributed by atoms with Crippen LogP contribution < -0.4 is 4.74 Å². The van der Waals surface area contributed by atoms with Gasteiger partial charge in [-0.15, -0.1) is 0 Å². The van der Waals surface area contributed by atoms with Gasteiger partial charge in [0.1, 0.15) is 0 Å². The van der Waals surface area contributed by atoms with E-state index in [4.69, 9.17) is 4.74 Å². The van der Waals surface area contributed by atoms with E-state index in [9.17, 15) is 0 Å². The second kappa shape index (κ2) is 6.04. The molecule has 0 amide bonds. The lowest BCUT2D eigenvalue weighted by atomic mass is 10.0. The third kappa shape index (κ3) is 2.56. The molecule has 0 atom stereocenters. The molecule has 0 saturated heterocycles. The van der Waals surface area contributed by atoms with E-state index in [1.807, 2.05) is 42.6 Å². The Kier molecular flexibility index (Phi) is 3.59. The van der Waals surface area contributed by atoms with Gasteiger partial charge in [0.05, 0.1) is 18.3 Å². The average molecular weight is 314 g/mol. The predicted molar refractivity (Wildman–Crippen MR) is 92.6 cm³/mol. The molecule has 0 unspecified atom stereocenters. The van der Waals surface area contributed by atoms with E-state index in [-0.39, 0.29) is 0 Å². The first-order valence-corrected chi connectivity index (χ1v) is 7.52. The zero-order chi connectivity index (χ0) is 16.4. The summed E-state index contributed by atoms with van der Waals surface area (Å²) in [5.41, 5.74) is 4.83. The van der Waals surface area contributed by atoms with Crippen LogP contribution >= 0.6 is 0 Å². The van der Waals surface area contributed by atoms with Gasteiger partial charge < -0.3 is 4.74 Å². The molecule has 5 nitrogen and oxygen atoms in total. The first kappa shape index (κ1) is 14.3. The molecule has 0 radical (unpaired) electrons. The molecule has 116 valence electrons. The fourth-order valence-electron chi connectivity index (χ4n) is 2.66. The molecule has 3 heterocycles. The van der Waals surface area contributed by atoms with Gasteiger partial charge in [0.15, 0.2) is 0 Å². The normalized spacial score (nSPS) is 10.7. The van der Waals surface area contributed by atoms with Crippen LogP contribution in [-0.2, 0) is 0 Å². The van der Waals surface area contributed by atoms with E-state index in [0.717, 1.165) is 33.3 Å². The molecule has 0 aliphatic heterocycles. The van der Waals surface area contributed by atoms with Gasteiger partial charge in [0, 0.05) is 35.7 Å². The van der Waals surface area contributed by atoms with Crippen LogP contribution in [0.15, 0.2) is 67.3 Å². The number of ether oxygens (including phenoxy) is 1. The Morgan fingerprint density at radius 2 is 1.58 bits per heavy atom. The van der Waals surface area contributed by atoms with Crippen molar-refractivity contribution >= 4 is 10.9 Å². The summed E-state index contributed by atoms with van der Waals surface area (Å²) >= 11 is 0. The van der Waals surface area contributed by atoms with Gasteiger partial charge in [-0.25, -0.2) is 9.97 Å². The number of pyridine rings is 2. The predicted octanol–water partition coefficient (Wildman–Crippen LogP) is 3.76. The fourth-order valence-corrected chi connectivity index (χ4v) is 2.66. The summed E-state index contributed by atoms with van der Waals surface area (Å²) in [5.74, 6) is 0. The molecule has 24 heavy (non-hydrogen) atoms. The van der Waals surface area contributed by atoms with Gasteiger partial charge in [-0.3, -0.25) is 9.97 Å². The standard InChI is InChI=1S/C19H14N4O/c1-24-19-22-11-14(12-23-19)18-10-13(6-8-21-18)15-7-9-20-17-5-3-2-4-16(15)17/h2-12H,1H3. The number of aromatic nitrogens is 4. The Balaban J connectivity index is 1.82. The van der Waals surface area contributed by atoms with E-state index in [1.165, 1.54) is 0 Å². The Labute approximate surface area is 139 Å². The number of nitrogens with zero attached hydrogens (tertiary/aromatic N) is 4. The minimum atomic E-state index is 0.343. The van der Waals surface area contributed by atoms with Crippen molar-refractivity contribution in [2.24, 2.45) is 0 Å². The summed E-state index contributed by atoms with van der Waals surface area (Å²) in [4.78, 5) is 17.1. The van der Waals surface area contributed by atoms with Crippen LogP contribution in [0.1, 0.15) is 0 Å². The van der Waals surface area contributed by atoms with E-state index in [0.29, 0.717) is 6.01 Å². The lowest BCUT2D eigenvalue weighted by Crippen LogP contribution is -1.93. The SMILES string of the molecule is COc1ncc(-c2cc(-c3ccnc4ccccc34)ccn2)cn1. The zero-order valence-electron chi connectivity index (χ0n) is 13.0. The molecule has 0 fully saturated rings. The molecule has 0 bridgehead atoms. The van der Waals surface area contributed by atoms with Crippen LogP contribution in [0.4, 0.5) is 0 Å². The average Bonchev–Trinajstić information content (AvgIpc) is 2.68. The number of hydrogen-bond donors (Lipinski definition) is 0. The smallest absolute Gasteiger partial charge is 0.316 e. The van der Waals surface area contributed by atoms with Crippen molar-refractivity contribution in [2.75, 3.05) is 7.11 Å². The van der Waals surface area contributed by atoms with Gasteiger partial charge >= 0.3 is 6.01 Å². The van der Waals surface area contributed by atoms with Crippen LogP contribution in [0.3, 0.4) is 0 Å². The number of methoxy groups -OCH3 is 1. The molecule has 4 aromatic rings. The Hall–Kier alpha value is -3.34. The number of benzene rings is 1. The topological polar surface area (TPSA) is 60.8 Å². The molecule has 0 aliphatic rings. The van der Waals surface area contributed by atoms with Crippen molar-refractivity contribution < 1.29 is 4.74 Å².